The van der Waals surface area contributed by atoms with Crippen LogP contribution < -0.4 is 10.0 Å². The molecular formula is C14H22N2O4S. The quantitative estimate of drug-likeness (QED) is 0.791. The topological polar surface area (TPSA) is 76.7 Å². The third-order valence-electron chi connectivity index (χ3n) is 3.61. The van der Waals surface area contributed by atoms with Crippen LogP contribution in [0.5, 0.6) is 0 Å². The molecule has 2 rings (SSSR count). The van der Waals surface area contributed by atoms with Crippen LogP contribution in [0.2, 0.25) is 0 Å². The maximum absolute atomic E-state index is 12.2. The summed E-state index contributed by atoms with van der Waals surface area (Å²) in [6.45, 7) is 3.78. The highest BCUT2D eigenvalue weighted by atomic mass is 32.2. The monoisotopic (exact) mass is 314 g/mol. The molecule has 1 fully saturated rings. The Labute approximate surface area is 125 Å². The second-order valence-electron chi connectivity index (χ2n) is 5.04. The second kappa shape index (κ2) is 6.74. The van der Waals surface area contributed by atoms with Crippen molar-refractivity contribution in [1.29, 1.82) is 0 Å². The van der Waals surface area contributed by atoms with Crippen LogP contribution >= 0.6 is 0 Å². The molecule has 6 nitrogen and oxygen atoms in total. The first-order chi connectivity index (χ1) is 10.0. The summed E-state index contributed by atoms with van der Waals surface area (Å²) in [7, 11) is -1.85. The van der Waals surface area contributed by atoms with Crippen LogP contribution in [-0.4, -0.2) is 47.4 Å². The molecule has 21 heavy (non-hydrogen) atoms. The molecule has 1 aromatic rings. The van der Waals surface area contributed by atoms with Crippen molar-refractivity contribution in [3.63, 3.8) is 0 Å². The minimum atomic E-state index is -3.50. The van der Waals surface area contributed by atoms with Crippen LogP contribution in [0.15, 0.2) is 29.2 Å². The summed E-state index contributed by atoms with van der Waals surface area (Å²) in [4.78, 5) is 0.247. The summed E-state index contributed by atoms with van der Waals surface area (Å²) in [6, 6.07) is 6.85. The lowest BCUT2D eigenvalue weighted by Crippen LogP contribution is -2.40. The zero-order chi connectivity index (χ0) is 15.3. The molecule has 1 heterocycles. The molecule has 7 heteroatoms. The van der Waals surface area contributed by atoms with E-state index in [0.29, 0.717) is 32.0 Å². The SMILES string of the molecule is CCNS(=O)(=O)c1ccccc1NCC1(OC)CCOC1. The van der Waals surface area contributed by atoms with E-state index >= 15 is 0 Å². The fraction of sp³-hybridized carbons (Fsp3) is 0.571. The molecule has 1 aromatic carbocycles. The predicted octanol–water partition coefficient (Wildman–Crippen LogP) is 1.20. The Morgan fingerprint density at radius 1 is 1.38 bits per heavy atom. The highest BCUT2D eigenvalue weighted by molar-refractivity contribution is 7.89. The largest absolute Gasteiger partial charge is 0.381 e. The van der Waals surface area contributed by atoms with E-state index in [9.17, 15) is 8.42 Å². The van der Waals surface area contributed by atoms with Gasteiger partial charge in [-0.2, -0.15) is 0 Å². The average molecular weight is 314 g/mol. The third-order valence-corrected chi connectivity index (χ3v) is 5.22. The molecule has 1 saturated heterocycles. The summed E-state index contributed by atoms with van der Waals surface area (Å²) in [5, 5.41) is 3.19. The zero-order valence-electron chi connectivity index (χ0n) is 12.4. The van der Waals surface area contributed by atoms with Gasteiger partial charge in [0, 0.05) is 33.2 Å². The number of hydrogen-bond acceptors (Lipinski definition) is 5. The third kappa shape index (κ3) is 3.74. The highest BCUT2D eigenvalue weighted by Gasteiger charge is 2.35. The van der Waals surface area contributed by atoms with Crippen molar-refractivity contribution in [1.82, 2.24) is 4.72 Å². The molecule has 1 aliphatic heterocycles. The van der Waals surface area contributed by atoms with Gasteiger partial charge < -0.3 is 14.8 Å². The van der Waals surface area contributed by atoms with Crippen LogP contribution in [0.1, 0.15) is 13.3 Å². The second-order valence-corrected chi connectivity index (χ2v) is 6.78. The minimum Gasteiger partial charge on any atom is -0.381 e. The first kappa shape index (κ1) is 16.2. The number of anilines is 1. The predicted molar refractivity (Wildman–Crippen MR) is 81.0 cm³/mol. The van der Waals surface area contributed by atoms with E-state index in [1.165, 1.54) is 0 Å². The Bertz CT molecular complexity index is 568. The molecule has 2 N–H and O–H groups in total. The van der Waals surface area contributed by atoms with Gasteiger partial charge in [-0.15, -0.1) is 0 Å². The summed E-state index contributed by atoms with van der Waals surface area (Å²) in [5.74, 6) is 0. The van der Waals surface area contributed by atoms with Crippen molar-refractivity contribution in [2.45, 2.75) is 23.8 Å². The van der Waals surface area contributed by atoms with E-state index in [-0.39, 0.29) is 4.90 Å². The zero-order valence-corrected chi connectivity index (χ0v) is 13.2. The molecule has 0 aromatic heterocycles. The number of hydrogen-bond donors (Lipinski definition) is 2. The Balaban J connectivity index is 2.17. The Morgan fingerprint density at radius 2 is 2.14 bits per heavy atom. The number of ether oxygens (including phenoxy) is 2. The van der Waals surface area contributed by atoms with E-state index in [1.54, 1.807) is 38.3 Å². The first-order valence-corrected chi connectivity index (χ1v) is 8.47. The number of benzene rings is 1. The van der Waals surface area contributed by atoms with E-state index in [2.05, 4.69) is 10.0 Å². The van der Waals surface area contributed by atoms with Crippen LogP contribution in [0, 0.1) is 0 Å². The highest BCUT2D eigenvalue weighted by Crippen LogP contribution is 2.26. The van der Waals surface area contributed by atoms with Crippen molar-refractivity contribution in [3.8, 4) is 0 Å². The Morgan fingerprint density at radius 3 is 2.76 bits per heavy atom. The summed E-state index contributed by atoms with van der Waals surface area (Å²) in [6.07, 6.45) is 0.790. The fourth-order valence-corrected chi connectivity index (χ4v) is 3.56. The Kier molecular flexibility index (Phi) is 5.21. The van der Waals surface area contributed by atoms with Crippen molar-refractivity contribution < 1.29 is 17.9 Å². The molecule has 0 spiro atoms. The van der Waals surface area contributed by atoms with Crippen molar-refractivity contribution in [3.05, 3.63) is 24.3 Å². The van der Waals surface area contributed by atoms with Gasteiger partial charge in [0.05, 0.1) is 12.3 Å². The number of nitrogens with one attached hydrogen (secondary N) is 2. The van der Waals surface area contributed by atoms with Crippen molar-refractivity contribution >= 4 is 15.7 Å². The molecule has 0 radical (unpaired) electrons. The number of sulfonamides is 1. The normalized spacial score (nSPS) is 22.4. The van der Waals surface area contributed by atoms with Gasteiger partial charge in [0.15, 0.2) is 0 Å². The molecule has 1 unspecified atom stereocenters. The molecule has 118 valence electrons. The van der Waals surface area contributed by atoms with Gasteiger partial charge in [-0.05, 0) is 12.1 Å². The van der Waals surface area contributed by atoms with Crippen molar-refractivity contribution in [2.24, 2.45) is 0 Å². The lowest BCUT2D eigenvalue weighted by Gasteiger charge is -2.27. The fourth-order valence-electron chi connectivity index (χ4n) is 2.33. The maximum Gasteiger partial charge on any atom is 0.242 e. The van der Waals surface area contributed by atoms with Gasteiger partial charge in [0.1, 0.15) is 10.5 Å². The molecule has 0 bridgehead atoms. The summed E-state index contributed by atoms with van der Waals surface area (Å²) < 4.78 is 37.8. The lowest BCUT2D eigenvalue weighted by molar-refractivity contribution is -0.00623. The molecule has 1 aliphatic rings. The van der Waals surface area contributed by atoms with Gasteiger partial charge >= 0.3 is 0 Å². The lowest BCUT2D eigenvalue weighted by atomic mass is 10.0. The van der Waals surface area contributed by atoms with E-state index < -0.39 is 15.6 Å². The summed E-state index contributed by atoms with van der Waals surface area (Å²) in [5.41, 5.74) is 0.177. The van der Waals surface area contributed by atoms with E-state index in [0.717, 1.165) is 6.42 Å². The standard InChI is InChI=1S/C14H22N2O4S/c1-3-16-21(17,18)13-7-5-4-6-12(13)15-10-14(19-2)8-9-20-11-14/h4-7,15-16H,3,8-11H2,1-2H3. The first-order valence-electron chi connectivity index (χ1n) is 6.98. The molecule has 0 saturated carbocycles. The minimum absolute atomic E-state index is 0.247. The number of methoxy groups -OCH3 is 1. The van der Waals surface area contributed by atoms with Crippen molar-refractivity contribution in [2.75, 3.05) is 38.7 Å². The van der Waals surface area contributed by atoms with E-state index in [1.807, 2.05) is 0 Å². The van der Waals surface area contributed by atoms with Gasteiger partial charge in [-0.3, -0.25) is 0 Å². The molecule has 0 amide bonds. The molecule has 1 atom stereocenters. The number of rotatable bonds is 7. The van der Waals surface area contributed by atoms with E-state index in [4.69, 9.17) is 9.47 Å². The smallest absolute Gasteiger partial charge is 0.242 e. The number of para-hydroxylation sites is 1. The molecular weight excluding hydrogens is 292 g/mol. The van der Waals surface area contributed by atoms with Crippen LogP contribution in [0.4, 0.5) is 5.69 Å². The maximum atomic E-state index is 12.2. The van der Waals surface area contributed by atoms with Gasteiger partial charge in [-0.1, -0.05) is 19.1 Å². The summed E-state index contributed by atoms with van der Waals surface area (Å²) >= 11 is 0. The van der Waals surface area contributed by atoms with Gasteiger partial charge in [-0.25, -0.2) is 13.1 Å². The van der Waals surface area contributed by atoms with Crippen LogP contribution in [0.3, 0.4) is 0 Å². The van der Waals surface area contributed by atoms with Crippen LogP contribution in [-0.2, 0) is 19.5 Å². The molecule has 0 aliphatic carbocycles. The average Bonchev–Trinajstić information content (AvgIpc) is 2.95. The Hall–Kier alpha value is -1.15. The van der Waals surface area contributed by atoms with Gasteiger partial charge in [0.2, 0.25) is 10.0 Å². The van der Waals surface area contributed by atoms with Crippen LogP contribution in [0.25, 0.3) is 0 Å². The van der Waals surface area contributed by atoms with Gasteiger partial charge in [0.25, 0.3) is 0 Å².